The van der Waals surface area contributed by atoms with Gasteiger partial charge in [-0.15, -0.1) is 4.40 Å². The number of anilines is 1. The second-order valence-corrected chi connectivity index (χ2v) is 10.1. The van der Waals surface area contributed by atoms with E-state index >= 15 is 0 Å². The van der Waals surface area contributed by atoms with E-state index in [9.17, 15) is 13.2 Å². The van der Waals surface area contributed by atoms with Crippen molar-refractivity contribution < 1.29 is 13.2 Å². The van der Waals surface area contributed by atoms with Crippen LogP contribution in [0.3, 0.4) is 0 Å². The lowest BCUT2D eigenvalue weighted by molar-refractivity contribution is -0.120. The van der Waals surface area contributed by atoms with Crippen LogP contribution in [-0.2, 0) is 20.2 Å². The summed E-state index contributed by atoms with van der Waals surface area (Å²) in [6.07, 6.45) is 1.54. The van der Waals surface area contributed by atoms with Crippen molar-refractivity contribution in [1.29, 1.82) is 0 Å². The number of halogens is 1. The first-order valence-electron chi connectivity index (χ1n) is 9.32. The first-order chi connectivity index (χ1) is 13.6. The van der Waals surface area contributed by atoms with E-state index in [1.54, 1.807) is 12.1 Å². The van der Waals surface area contributed by atoms with E-state index in [4.69, 9.17) is 0 Å². The van der Waals surface area contributed by atoms with Gasteiger partial charge in [-0.2, -0.15) is 8.42 Å². The number of carbonyl (C=O) groups excluding carboxylic acids is 1. The van der Waals surface area contributed by atoms with Gasteiger partial charge in [0.15, 0.2) is 0 Å². The number of amides is 1. The predicted octanol–water partition coefficient (Wildman–Crippen LogP) is 4.18. The highest BCUT2D eigenvalue weighted by Gasteiger charge is 2.30. The molecule has 1 fully saturated rings. The average molecular weight is 478 g/mol. The second-order valence-electron chi connectivity index (χ2n) is 7.62. The monoisotopic (exact) mass is 477 g/mol. The van der Waals surface area contributed by atoms with Crippen LogP contribution in [-0.4, -0.2) is 38.7 Å². The number of nitrogens with zero attached hydrogens (tertiary/aromatic N) is 2. The summed E-state index contributed by atoms with van der Waals surface area (Å²) in [5, 5.41) is 2.84. The molecule has 1 saturated heterocycles. The summed E-state index contributed by atoms with van der Waals surface area (Å²) in [6, 6.07) is 13.8. The molecule has 3 rings (SSSR count). The van der Waals surface area contributed by atoms with Gasteiger partial charge in [-0.1, -0.05) is 34.1 Å². The molecule has 1 amide bonds. The normalized spacial score (nSPS) is 16.3. The van der Waals surface area contributed by atoms with E-state index in [-0.39, 0.29) is 10.8 Å². The summed E-state index contributed by atoms with van der Waals surface area (Å²) in [4.78, 5) is 14.8. The van der Waals surface area contributed by atoms with E-state index < -0.39 is 15.4 Å². The van der Waals surface area contributed by atoms with Crippen LogP contribution in [0.2, 0.25) is 0 Å². The van der Waals surface area contributed by atoms with Crippen molar-refractivity contribution in [1.82, 2.24) is 4.90 Å². The van der Waals surface area contributed by atoms with Gasteiger partial charge in [0, 0.05) is 30.2 Å². The number of likely N-dealkylation sites (tertiary alicyclic amines) is 1. The minimum atomic E-state index is -3.84. The van der Waals surface area contributed by atoms with Crippen molar-refractivity contribution >= 4 is 43.4 Å². The average Bonchev–Trinajstić information content (AvgIpc) is 3.06. The number of amidine groups is 1. The van der Waals surface area contributed by atoms with Gasteiger partial charge in [-0.25, -0.2) is 0 Å². The third kappa shape index (κ3) is 4.87. The van der Waals surface area contributed by atoms with Crippen LogP contribution in [0.4, 0.5) is 5.69 Å². The molecule has 154 valence electrons. The summed E-state index contributed by atoms with van der Waals surface area (Å²) in [6.45, 7) is 4.46. The summed E-state index contributed by atoms with van der Waals surface area (Å²) < 4.78 is 30.3. The molecule has 0 radical (unpaired) electrons. The van der Waals surface area contributed by atoms with Crippen LogP contribution < -0.4 is 5.32 Å². The van der Waals surface area contributed by atoms with Crippen LogP contribution in [0.25, 0.3) is 0 Å². The third-order valence-corrected chi connectivity index (χ3v) is 6.91. The van der Waals surface area contributed by atoms with E-state index in [0.29, 0.717) is 17.9 Å². The Kier molecular flexibility index (Phi) is 6.14. The zero-order valence-electron chi connectivity index (χ0n) is 16.6. The smallest absolute Gasteiger partial charge is 0.284 e. The van der Waals surface area contributed by atoms with Crippen LogP contribution in [0.1, 0.15) is 32.3 Å². The van der Waals surface area contributed by atoms with E-state index in [0.717, 1.165) is 23.0 Å². The Labute approximate surface area is 180 Å². The van der Waals surface area contributed by atoms with Crippen molar-refractivity contribution in [3.8, 4) is 0 Å². The molecule has 0 saturated carbocycles. The quantitative estimate of drug-likeness (QED) is 0.700. The lowest BCUT2D eigenvalue weighted by Gasteiger charge is -2.24. The molecule has 0 spiro atoms. The molecule has 2 aromatic carbocycles. The number of hydrogen-bond donors (Lipinski definition) is 1. The molecule has 0 unspecified atom stereocenters. The minimum absolute atomic E-state index is 0.0598. The van der Waals surface area contributed by atoms with Gasteiger partial charge in [-0.3, -0.25) is 4.79 Å². The van der Waals surface area contributed by atoms with Crippen LogP contribution in [0.5, 0.6) is 0 Å². The largest absolute Gasteiger partial charge is 0.362 e. The van der Waals surface area contributed by atoms with E-state index in [1.807, 2.05) is 50.1 Å². The Morgan fingerprint density at radius 1 is 1.17 bits per heavy atom. The van der Waals surface area contributed by atoms with Crippen molar-refractivity contribution in [2.24, 2.45) is 4.40 Å². The zero-order valence-corrected chi connectivity index (χ0v) is 19.0. The standard InChI is InChI=1S/C21H24BrN3O3S/c1-21(2,15-9-11-16(22)12-10-15)20(26)23-17-6-4-7-18(14-17)29(27,28)24-19-8-5-13-25(19)3/h4,6-7,9-12,14H,5,8,13H2,1-3H3,(H,23,26)/b24-19+. The van der Waals surface area contributed by atoms with Crippen molar-refractivity contribution in [2.45, 2.75) is 37.0 Å². The first kappa shape index (κ1) is 21.5. The third-order valence-electron chi connectivity index (χ3n) is 5.08. The molecule has 0 aliphatic carbocycles. The predicted molar refractivity (Wildman–Crippen MR) is 119 cm³/mol. The lowest BCUT2D eigenvalue weighted by Crippen LogP contribution is -2.34. The molecule has 0 aromatic heterocycles. The molecule has 0 bridgehead atoms. The van der Waals surface area contributed by atoms with Crippen LogP contribution >= 0.6 is 15.9 Å². The highest BCUT2D eigenvalue weighted by Crippen LogP contribution is 2.27. The molecular weight excluding hydrogens is 454 g/mol. The number of nitrogens with one attached hydrogen (secondary N) is 1. The molecule has 6 nitrogen and oxygen atoms in total. The van der Waals surface area contributed by atoms with Gasteiger partial charge in [0.2, 0.25) is 5.91 Å². The van der Waals surface area contributed by atoms with Gasteiger partial charge in [0.1, 0.15) is 5.84 Å². The van der Waals surface area contributed by atoms with Crippen LogP contribution in [0, 0.1) is 0 Å². The molecule has 1 N–H and O–H groups in total. The van der Waals surface area contributed by atoms with E-state index in [1.165, 1.54) is 12.1 Å². The summed E-state index contributed by atoms with van der Waals surface area (Å²) >= 11 is 3.39. The number of hydrogen-bond acceptors (Lipinski definition) is 3. The van der Waals surface area contributed by atoms with Gasteiger partial charge in [0.05, 0.1) is 10.3 Å². The molecule has 1 aliphatic heterocycles. The molecule has 0 atom stereocenters. The van der Waals surface area contributed by atoms with Crippen LogP contribution in [0.15, 0.2) is 62.3 Å². The van der Waals surface area contributed by atoms with Gasteiger partial charge >= 0.3 is 0 Å². The summed E-state index contributed by atoms with van der Waals surface area (Å²) in [7, 11) is -2.00. The van der Waals surface area contributed by atoms with Gasteiger partial charge in [-0.05, 0) is 56.2 Å². The molecule has 2 aromatic rings. The van der Waals surface area contributed by atoms with Crippen molar-refractivity contribution in [2.75, 3.05) is 18.9 Å². The Bertz CT molecular complexity index is 1050. The summed E-state index contributed by atoms with van der Waals surface area (Å²) in [5.74, 6) is 0.340. The fourth-order valence-corrected chi connectivity index (χ4v) is 4.52. The molecule has 29 heavy (non-hydrogen) atoms. The SMILES string of the molecule is CN1CCC/C1=N\S(=O)(=O)c1cccc(NC(=O)C(C)(C)c2ccc(Br)cc2)c1. The van der Waals surface area contributed by atoms with E-state index in [2.05, 4.69) is 25.6 Å². The lowest BCUT2D eigenvalue weighted by atomic mass is 9.83. The number of benzene rings is 2. The fourth-order valence-electron chi connectivity index (χ4n) is 3.12. The zero-order chi connectivity index (χ0) is 21.2. The number of rotatable bonds is 5. The Hall–Kier alpha value is -2.19. The molecule has 1 aliphatic rings. The van der Waals surface area contributed by atoms with Crippen molar-refractivity contribution in [3.63, 3.8) is 0 Å². The Morgan fingerprint density at radius 3 is 2.48 bits per heavy atom. The summed E-state index contributed by atoms with van der Waals surface area (Å²) in [5.41, 5.74) is 0.487. The fraction of sp³-hybridized carbons (Fsp3) is 0.333. The topological polar surface area (TPSA) is 78.8 Å². The highest BCUT2D eigenvalue weighted by atomic mass is 79.9. The number of sulfonamides is 1. The van der Waals surface area contributed by atoms with Gasteiger partial charge < -0.3 is 10.2 Å². The molecule has 8 heteroatoms. The van der Waals surface area contributed by atoms with Gasteiger partial charge in [0.25, 0.3) is 10.0 Å². The maximum absolute atomic E-state index is 12.9. The first-order valence-corrected chi connectivity index (χ1v) is 11.6. The maximum Gasteiger partial charge on any atom is 0.284 e. The minimum Gasteiger partial charge on any atom is -0.362 e. The molecular formula is C21H24BrN3O3S. The Morgan fingerprint density at radius 2 is 1.86 bits per heavy atom. The molecule has 1 heterocycles. The number of carbonyl (C=O) groups is 1. The maximum atomic E-state index is 12.9. The second kappa shape index (κ2) is 8.28. The highest BCUT2D eigenvalue weighted by molar-refractivity contribution is 9.10. The van der Waals surface area contributed by atoms with Crippen molar-refractivity contribution in [3.05, 3.63) is 58.6 Å². The Balaban J connectivity index is 1.82.